The van der Waals surface area contributed by atoms with Crippen LogP contribution >= 0.6 is 24.0 Å². The number of hydrogen-bond donors (Lipinski definition) is 1. The lowest BCUT2D eigenvalue weighted by Gasteiger charge is -2.22. The van der Waals surface area contributed by atoms with Gasteiger partial charge in [-0.2, -0.15) is 0 Å². The molecule has 1 aromatic carbocycles. The van der Waals surface area contributed by atoms with Gasteiger partial charge in [-0.25, -0.2) is 4.99 Å². The maximum Gasteiger partial charge on any atom is 0.193 e. The van der Waals surface area contributed by atoms with Gasteiger partial charge >= 0.3 is 0 Å². The van der Waals surface area contributed by atoms with Crippen LogP contribution in [-0.4, -0.2) is 45.2 Å². The number of nitrogens with one attached hydrogen (secondary N) is 1. The fourth-order valence-electron chi connectivity index (χ4n) is 2.29. The number of aliphatic imine (C=N–C) groups is 1. The monoisotopic (exact) mass is 447 g/mol. The first kappa shape index (κ1) is 22.6. The van der Waals surface area contributed by atoms with E-state index in [0.29, 0.717) is 6.54 Å². The molecule has 0 bridgehead atoms. The maximum atomic E-state index is 5.46. The Morgan fingerprint density at radius 1 is 1.33 bits per heavy atom. The Balaban J connectivity index is 0.00000529. The highest BCUT2D eigenvalue weighted by Gasteiger charge is 2.10. The normalized spacial score (nSPS) is 10.6. The third kappa shape index (κ3) is 6.98. The zero-order valence-corrected chi connectivity index (χ0v) is 17.5. The second-order valence-electron chi connectivity index (χ2n) is 5.18. The standard InChI is InChI=1S/C18H29N3O2.HI/c1-6-8-9-13-21(3)18(19-7-2)20-14-15-11-10-12-16(22-4)17(15)23-5;/h6,10-12H,1,7-9,13-14H2,2-5H3,(H,19,20);1H. The van der Waals surface area contributed by atoms with Gasteiger partial charge in [-0.3, -0.25) is 0 Å². The van der Waals surface area contributed by atoms with E-state index in [2.05, 4.69) is 23.7 Å². The van der Waals surface area contributed by atoms with Gasteiger partial charge in [0.05, 0.1) is 20.8 Å². The number of halogens is 1. The Kier molecular flexibility index (Phi) is 12.1. The second kappa shape index (κ2) is 12.9. The summed E-state index contributed by atoms with van der Waals surface area (Å²) in [6.07, 6.45) is 4.01. The van der Waals surface area contributed by atoms with Crippen molar-refractivity contribution in [1.29, 1.82) is 0 Å². The van der Waals surface area contributed by atoms with Crippen molar-refractivity contribution in [2.24, 2.45) is 4.99 Å². The van der Waals surface area contributed by atoms with Crippen molar-refractivity contribution in [3.63, 3.8) is 0 Å². The Bertz CT molecular complexity index is 521. The lowest BCUT2D eigenvalue weighted by molar-refractivity contribution is 0.351. The van der Waals surface area contributed by atoms with Gasteiger partial charge in [0.15, 0.2) is 17.5 Å². The molecule has 0 amide bonds. The summed E-state index contributed by atoms with van der Waals surface area (Å²) in [6.45, 7) is 8.14. The molecule has 6 heteroatoms. The van der Waals surface area contributed by atoms with Gasteiger partial charge in [-0.05, 0) is 25.8 Å². The van der Waals surface area contributed by atoms with Crippen LogP contribution in [0.2, 0.25) is 0 Å². The lowest BCUT2D eigenvalue weighted by Crippen LogP contribution is -2.39. The molecule has 1 N–H and O–H groups in total. The molecule has 136 valence electrons. The minimum absolute atomic E-state index is 0. The second-order valence-corrected chi connectivity index (χ2v) is 5.18. The van der Waals surface area contributed by atoms with Crippen LogP contribution in [0.3, 0.4) is 0 Å². The molecule has 0 aliphatic carbocycles. The molecule has 5 nitrogen and oxygen atoms in total. The van der Waals surface area contributed by atoms with Crippen LogP contribution in [0.1, 0.15) is 25.3 Å². The molecular weight excluding hydrogens is 417 g/mol. The van der Waals surface area contributed by atoms with Crippen molar-refractivity contribution in [2.75, 3.05) is 34.4 Å². The van der Waals surface area contributed by atoms with E-state index in [0.717, 1.165) is 49.0 Å². The van der Waals surface area contributed by atoms with Crippen LogP contribution in [0.25, 0.3) is 0 Å². The first-order valence-corrected chi connectivity index (χ1v) is 7.98. The molecule has 0 saturated heterocycles. The fourth-order valence-corrected chi connectivity index (χ4v) is 2.29. The quantitative estimate of drug-likeness (QED) is 0.206. The van der Waals surface area contributed by atoms with Crippen LogP contribution < -0.4 is 14.8 Å². The summed E-state index contributed by atoms with van der Waals surface area (Å²) < 4.78 is 10.8. The van der Waals surface area contributed by atoms with Crippen LogP contribution in [-0.2, 0) is 6.54 Å². The fraction of sp³-hybridized carbons (Fsp3) is 0.500. The third-order valence-corrected chi connectivity index (χ3v) is 3.48. The van der Waals surface area contributed by atoms with E-state index in [1.54, 1.807) is 14.2 Å². The summed E-state index contributed by atoms with van der Waals surface area (Å²) in [7, 11) is 5.34. The molecule has 0 fully saturated rings. The van der Waals surface area contributed by atoms with E-state index in [1.165, 1.54) is 0 Å². The van der Waals surface area contributed by atoms with Crippen molar-refractivity contribution < 1.29 is 9.47 Å². The molecule has 0 aliphatic heterocycles. The van der Waals surface area contributed by atoms with Crippen molar-refractivity contribution in [1.82, 2.24) is 10.2 Å². The number of hydrogen-bond acceptors (Lipinski definition) is 3. The maximum absolute atomic E-state index is 5.46. The highest BCUT2D eigenvalue weighted by molar-refractivity contribution is 14.0. The molecule has 0 aliphatic rings. The molecular formula is C18H30IN3O2. The average molecular weight is 447 g/mol. The average Bonchev–Trinajstić information content (AvgIpc) is 2.58. The SMILES string of the molecule is C=CCCCN(C)C(=NCc1cccc(OC)c1OC)NCC.I. The number of guanidine groups is 1. The Morgan fingerprint density at radius 3 is 2.67 bits per heavy atom. The minimum Gasteiger partial charge on any atom is -0.493 e. The molecule has 24 heavy (non-hydrogen) atoms. The summed E-state index contributed by atoms with van der Waals surface area (Å²) >= 11 is 0. The smallest absolute Gasteiger partial charge is 0.193 e. The number of nitrogens with zero attached hydrogens (tertiary/aromatic N) is 2. The van der Waals surface area contributed by atoms with Crippen molar-refractivity contribution in [3.05, 3.63) is 36.4 Å². The summed E-state index contributed by atoms with van der Waals surface area (Å²) in [6, 6.07) is 5.84. The highest BCUT2D eigenvalue weighted by atomic mass is 127. The number of rotatable bonds is 9. The molecule has 0 unspecified atom stereocenters. The largest absolute Gasteiger partial charge is 0.493 e. The summed E-state index contributed by atoms with van der Waals surface area (Å²) in [5, 5.41) is 3.32. The van der Waals surface area contributed by atoms with Crippen molar-refractivity contribution >= 4 is 29.9 Å². The number of methoxy groups -OCH3 is 2. The van der Waals surface area contributed by atoms with Crippen LogP contribution in [0.15, 0.2) is 35.8 Å². The third-order valence-electron chi connectivity index (χ3n) is 3.48. The van der Waals surface area contributed by atoms with Gasteiger partial charge in [0.2, 0.25) is 0 Å². The summed E-state index contributed by atoms with van der Waals surface area (Å²) in [5.74, 6) is 2.36. The molecule has 1 rings (SSSR count). The van der Waals surface area contributed by atoms with Gasteiger partial charge < -0.3 is 19.7 Å². The molecule has 0 saturated carbocycles. The van der Waals surface area contributed by atoms with Crippen LogP contribution in [0.5, 0.6) is 11.5 Å². The molecule has 0 heterocycles. The number of allylic oxidation sites excluding steroid dienone is 1. The number of benzene rings is 1. The summed E-state index contributed by atoms with van der Waals surface area (Å²) in [5.41, 5.74) is 1.00. The lowest BCUT2D eigenvalue weighted by atomic mass is 10.2. The van der Waals surface area contributed by atoms with E-state index in [-0.39, 0.29) is 24.0 Å². The van der Waals surface area contributed by atoms with E-state index in [1.807, 2.05) is 31.3 Å². The molecule has 0 spiro atoms. The first-order valence-electron chi connectivity index (χ1n) is 7.98. The summed E-state index contributed by atoms with van der Waals surface area (Å²) in [4.78, 5) is 6.86. The van der Waals surface area contributed by atoms with E-state index >= 15 is 0 Å². The Labute approximate surface area is 163 Å². The van der Waals surface area contributed by atoms with Crippen molar-refractivity contribution in [2.45, 2.75) is 26.3 Å². The number of unbranched alkanes of at least 4 members (excludes halogenated alkanes) is 1. The van der Waals surface area contributed by atoms with Gasteiger partial charge in [-0.1, -0.05) is 18.2 Å². The first-order chi connectivity index (χ1) is 11.2. The van der Waals surface area contributed by atoms with Crippen molar-refractivity contribution in [3.8, 4) is 11.5 Å². The van der Waals surface area contributed by atoms with E-state index in [9.17, 15) is 0 Å². The van der Waals surface area contributed by atoms with Crippen LogP contribution in [0, 0.1) is 0 Å². The van der Waals surface area contributed by atoms with Gasteiger partial charge in [-0.15, -0.1) is 30.6 Å². The molecule has 0 aromatic heterocycles. The van der Waals surface area contributed by atoms with Gasteiger partial charge in [0.25, 0.3) is 0 Å². The van der Waals surface area contributed by atoms with Crippen LogP contribution in [0.4, 0.5) is 0 Å². The number of ether oxygens (including phenoxy) is 2. The topological polar surface area (TPSA) is 46.1 Å². The molecule has 1 aromatic rings. The van der Waals surface area contributed by atoms with Gasteiger partial charge in [0, 0.05) is 25.7 Å². The Morgan fingerprint density at radius 2 is 2.08 bits per heavy atom. The molecule has 0 atom stereocenters. The molecule has 0 radical (unpaired) electrons. The zero-order valence-electron chi connectivity index (χ0n) is 15.2. The Hall–Kier alpha value is -1.44. The minimum atomic E-state index is 0. The predicted molar refractivity (Wildman–Crippen MR) is 112 cm³/mol. The van der Waals surface area contributed by atoms with Gasteiger partial charge in [0.1, 0.15) is 0 Å². The predicted octanol–water partition coefficient (Wildman–Crippen LogP) is 3.69. The number of para-hydroxylation sites is 1. The van der Waals surface area contributed by atoms with E-state index < -0.39 is 0 Å². The van der Waals surface area contributed by atoms with E-state index in [4.69, 9.17) is 14.5 Å². The zero-order chi connectivity index (χ0) is 17.1. The highest BCUT2D eigenvalue weighted by Crippen LogP contribution is 2.31.